The van der Waals surface area contributed by atoms with Crippen molar-refractivity contribution in [2.75, 3.05) is 12.8 Å². The van der Waals surface area contributed by atoms with E-state index in [0.717, 1.165) is 0 Å². The van der Waals surface area contributed by atoms with Gasteiger partial charge in [-0.15, -0.1) is 11.3 Å². The molecule has 110 valence electrons. The van der Waals surface area contributed by atoms with Gasteiger partial charge in [0.1, 0.15) is 5.75 Å². The van der Waals surface area contributed by atoms with E-state index in [0.29, 0.717) is 10.6 Å². The van der Waals surface area contributed by atoms with Crippen LogP contribution in [-0.2, 0) is 4.79 Å². The molecule has 0 aliphatic heterocycles. The summed E-state index contributed by atoms with van der Waals surface area (Å²) >= 11 is 1.26. The minimum Gasteiger partial charge on any atom is -0.497 e. The minimum absolute atomic E-state index is 0.178. The smallest absolute Gasteiger partial charge is 0.331 e. The maximum atomic E-state index is 12.2. The molecule has 0 radical (unpaired) electrons. The second-order valence-corrected chi connectivity index (χ2v) is 5.19. The molecule has 7 heteroatoms. The second-order valence-electron chi connectivity index (χ2n) is 4.21. The number of carbonyl (C=O) groups excluding carboxylic acids is 1. The number of nitrogens with two attached hydrogens (primary N) is 1. The number of hydrogen-bond acceptors (Lipinski definition) is 5. The summed E-state index contributed by atoms with van der Waals surface area (Å²) in [5.41, 5.74) is 6.19. The fraction of sp³-hybridized carbons (Fsp3) is 0.143. The number of nitrogen functional groups attached to an aromatic ring is 1. The number of carboxylic acids is 1. The molecule has 1 aromatic heterocycles. The number of amides is 1. The zero-order valence-corrected chi connectivity index (χ0v) is 12.0. The maximum absolute atomic E-state index is 12.2. The number of anilines is 1. The number of aliphatic carboxylic acids is 1. The van der Waals surface area contributed by atoms with Gasteiger partial charge in [-0.05, 0) is 29.6 Å². The number of ether oxygens (including phenoxy) is 1. The van der Waals surface area contributed by atoms with Gasteiger partial charge < -0.3 is 20.9 Å². The standard InChI is InChI=1S/C14H14N2O4S/c1-20-8-4-5-10(15)9(7-8)13(17)16-12(14(18)19)11-3-2-6-21-11/h2-7,12H,15H2,1H3,(H,16,17)(H,18,19). The predicted molar refractivity (Wildman–Crippen MR) is 79.6 cm³/mol. The molecule has 1 amide bonds. The largest absolute Gasteiger partial charge is 0.497 e. The summed E-state index contributed by atoms with van der Waals surface area (Å²) in [6, 6.07) is 6.90. The summed E-state index contributed by atoms with van der Waals surface area (Å²) in [6.07, 6.45) is 0. The van der Waals surface area contributed by atoms with Crippen LogP contribution in [0.2, 0.25) is 0 Å². The lowest BCUT2D eigenvalue weighted by atomic mass is 10.1. The summed E-state index contributed by atoms with van der Waals surface area (Å²) in [4.78, 5) is 24.1. The highest BCUT2D eigenvalue weighted by atomic mass is 32.1. The number of thiophene rings is 1. The first-order valence-corrected chi connectivity index (χ1v) is 6.91. The lowest BCUT2D eigenvalue weighted by Crippen LogP contribution is -2.33. The van der Waals surface area contributed by atoms with Gasteiger partial charge in [-0.25, -0.2) is 4.79 Å². The van der Waals surface area contributed by atoms with Gasteiger partial charge in [0.2, 0.25) is 0 Å². The van der Waals surface area contributed by atoms with Gasteiger partial charge in [0.05, 0.1) is 12.7 Å². The number of rotatable bonds is 5. The first-order valence-electron chi connectivity index (χ1n) is 6.03. The topological polar surface area (TPSA) is 102 Å². The molecule has 1 unspecified atom stereocenters. The molecule has 2 rings (SSSR count). The van der Waals surface area contributed by atoms with Crippen LogP contribution in [0.5, 0.6) is 5.75 Å². The first kappa shape index (κ1) is 14.9. The minimum atomic E-state index is -1.13. The van der Waals surface area contributed by atoms with E-state index in [9.17, 15) is 14.7 Å². The molecule has 2 aromatic rings. The number of nitrogens with one attached hydrogen (secondary N) is 1. The Morgan fingerprint density at radius 1 is 1.38 bits per heavy atom. The fourth-order valence-electron chi connectivity index (χ4n) is 1.78. The van der Waals surface area contributed by atoms with Crippen LogP contribution in [-0.4, -0.2) is 24.1 Å². The molecule has 0 fully saturated rings. The third-order valence-electron chi connectivity index (χ3n) is 2.86. The van der Waals surface area contributed by atoms with Crippen molar-refractivity contribution in [1.82, 2.24) is 5.32 Å². The van der Waals surface area contributed by atoms with Crippen molar-refractivity contribution < 1.29 is 19.4 Å². The van der Waals surface area contributed by atoms with Crippen molar-refractivity contribution >= 4 is 28.9 Å². The van der Waals surface area contributed by atoms with Crippen molar-refractivity contribution in [1.29, 1.82) is 0 Å². The van der Waals surface area contributed by atoms with Crippen LogP contribution in [0.25, 0.3) is 0 Å². The van der Waals surface area contributed by atoms with Crippen molar-refractivity contribution in [2.45, 2.75) is 6.04 Å². The van der Waals surface area contributed by atoms with Crippen LogP contribution < -0.4 is 15.8 Å². The molecule has 1 aromatic carbocycles. The highest BCUT2D eigenvalue weighted by Crippen LogP contribution is 2.23. The maximum Gasteiger partial charge on any atom is 0.331 e. The molecular weight excluding hydrogens is 292 g/mol. The van der Waals surface area contributed by atoms with E-state index in [1.807, 2.05) is 0 Å². The molecule has 0 spiro atoms. The van der Waals surface area contributed by atoms with Gasteiger partial charge in [-0.1, -0.05) is 6.07 Å². The average Bonchev–Trinajstić information content (AvgIpc) is 2.98. The van der Waals surface area contributed by atoms with Gasteiger partial charge in [0, 0.05) is 10.6 Å². The highest BCUT2D eigenvalue weighted by molar-refractivity contribution is 7.10. The number of methoxy groups -OCH3 is 1. The van der Waals surface area contributed by atoms with E-state index in [1.165, 1.54) is 30.6 Å². The number of carbonyl (C=O) groups is 2. The van der Waals surface area contributed by atoms with Gasteiger partial charge in [-0.3, -0.25) is 4.79 Å². The molecule has 6 nitrogen and oxygen atoms in total. The Bertz CT molecular complexity index is 655. The van der Waals surface area contributed by atoms with Crippen molar-refractivity contribution in [3.63, 3.8) is 0 Å². The SMILES string of the molecule is COc1ccc(N)c(C(=O)NC(C(=O)O)c2cccs2)c1. The van der Waals surface area contributed by atoms with E-state index in [1.54, 1.807) is 23.6 Å². The Kier molecular flexibility index (Phi) is 4.44. The Morgan fingerprint density at radius 3 is 2.71 bits per heavy atom. The van der Waals surface area contributed by atoms with E-state index in [4.69, 9.17) is 10.5 Å². The van der Waals surface area contributed by atoms with Crippen LogP contribution in [0, 0.1) is 0 Å². The Morgan fingerprint density at radius 2 is 2.14 bits per heavy atom. The fourth-order valence-corrected chi connectivity index (χ4v) is 2.55. The molecule has 1 heterocycles. The molecule has 1 atom stereocenters. The lowest BCUT2D eigenvalue weighted by molar-refractivity contribution is -0.139. The van der Waals surface area contributed by atoms with E-state index < -0.39 is 17.9 Å². The first-order chi connectivity index (χ1) is 10.0. The molecule has 0 saturated carbocycles. The molecular formula is C14H14N2O4S. The summed E-state index contributed by atoms with van der Waals surface area (Å²) in [7, 11) is 1.47. The van der Waals surface area contributed by atoms with E-state index >= 15 is 0 Å². The Hall–Kier alpha value is -2.54. The van der Waals surface area contributed by atoms with Crippen molar-refractivity contribution in [2.24, 2.45) is 0 Å². The highest BCUT2D eigenvalue weighted by Gasteiger charge is 2.24. The Labute approximate surface area is 125 Å². The normalized spacial score (nSPS) is 11.7. The summed E-state index contributed by atoms with van der Waals surface area (Å²) in [6.45, 7) is 0. The zero-order valence-electron chi connectivity index (χ0n) is 11.2. The van der Waals surface area contributed by atoms with Crippen LogP contribution in [0.3, 0.4) is 0 Å². The molecule has 0 bridgehead atoms. The van der Waals surface area contributed by atoms with Crippen LogP contribution in [0.15, 0.2) is 35.7 Å². The number of hydrogen-bond donors (Lipinski definition) is 3. The molecule has 0 aliphatic carbocycles. The van der Waals surface area contributed by atoms with Crippen LogP contribution >= 0.6 is 11.3 Å². The monoisotopic (exact) mass is 306 g/mol. The third kappa shape index (κ3) is 3.32. The third-order valence-corrected chi connectivity index (χ3v) is 3.79. The van der Waals surface area contributed by atoms with Crippen LogP contribution in [0.1, 0.15) is 21.3 Å². The van der Waals surface area contributed by atoms with Crippen LogP contribution in [0.4, 0.5) is 5.69 Å². The zero-order chi connectivity index (χ0) is 15.4. The molecule has 0 saturated heterocycles. The summed E-state index contributed by atoms with van der Waals surface area (Å²) < 4.78 is 5.03. The van der Waals surface area contributed by atoms with Gasteiger partial charge in [0.15, 0.2) is 6.04 Å². The second kappa shape index (κ2) is 6.27. The summed E-state index contributed by atoms with van der Waals surface area (Å²) in [5.74, 6) is -1.23. The van der Waals surface area contributed by atoms with Crippen molar-refractivity contribution in [3.05, 3.63) is 46.2 Å². The molecule has 21 heavy (non-hydrogen) atoms. The molecule has 0 aliphatic rings. The predicted octanol–water partition coefficient (Wildman–Crippen LogP) is 1.89. The van der Waals surface area contributed by atoms with E-state index in [2.05, 4.69) is 5.32 Å². The number of benzene rings is 1. The van der Waals surface area contributed by atoms with E-state index in [-0.39, 0.29) is 11.3 Å². The average molecular weight is 306 g/mol. The molecule has 4 N–H and O–H groups in total. The summed E-state index contributed by atoms with van der Waals surface area (Å²) in [5, 5.41) is 13.5. The quantitative estimate of drug-likeness (QED) is 0.732. The van der Waals surface area contributed by atoms with Gasteiger partial charge >= 0.3 is 5.97 Å². The lowest BCUT2D eigenvalue weighted by Gasteiger charge is -2.14. The number of carboxylic acid groups (broad SMARTS) is 1. The van der Waals surface area contributed by atoms with Crippen molar-refractivity contribution in [3.8, 4) is 5.75 Å². The van der Waals surface area contributed by atoms with Gasteiger partial charge in [0.25, 0.3) is 5.91 Å². The Balaban J connectivity index is 2.25. The van der Waals surface area contributed by atoms with Gasteiger partial charge in [-0.2, -0.15) is 0 Å².